The number of carbonyl (C=O) groups is 1. The lowest BCUT2D eigenvalue weighted by atomic mass is 9.87. The van der Waals surface area contributed by atoms with Crippen LogP contribution in [0.2, 0.25) is 0 Å². The van der Waals surface area contributed by atoms with Gasteiger partial charge in [0, 0.05) is 24.5 Å². The second-order valence-electron chi connectivity index (χ2n) is 6.23. The van der Waals surface area contributed by atoms with Crippen LogP contribution >= 0.6 is 0 Å². The molecule has 0 radical (unpaired) electrons. The average molecular weight is 289 g/mol. The Morgan fingerprint density at radius 2 is 2.05 bits per heavy atom. The Hall–Kier alpha value is -1.58. The molecule has 4 heteroatoms. The molecule has 116 valence electrons. The van der Waals surface area contributed by atoms with Crippen molar-refractivity contribution < 1.29 is 4.79 Å². The van der Waals surface area contributed by atoms with E-state index in [4.69, 9.17) is 0 Å². The maximum absolute atomic E-state index is 12.5. The van der Waals surface area contributed by atoms with Gasteiger partial charge in [-0.3, -0.25) is 9.78 Å². The molecule has 1 aromatic heterocycles. The predicted molar refractivity (Wildman–Crippen MR) is 86.6 cm³/mol. The summed E-state index contributed by atoms with van der Waals surface area (Å²) in [5.41, 5.74) is 2.48. The van der Waals surface area contributed by atoms with E-state index in [1.165, 1.54) is 12.8 Å². The van der Waals surface area contributed by atoms with Crippen LogP contribution in [-0.4, -0.2) is 23.5 Å². The molecular weight excluding hydrogens is 262 g/mol. The van der Waals surface area contributed by atoms with E-state index in [2.05, 4.69) is 29.5 Å². The third-order valence-corrected chi connectivity index (χ3v) is 4.20. The standard InChI is InChI=1S/C17H27N3O/c1-4-9-18-16-10-13(3)19-11-15(16)17(21)20-14-7-5-12(2)6-8-14/h10-12,14H,4-9H2,1-3H3,(H,18,19)(H,20,21). The molecule has 0 saturated heterocycles. The van der Waals surface area contributed by atoms with Gasteiger partial charge in [0.15, 0.2) is 0 Å². The SMILES string of the molecule is CCCNc1cc(C)ncc1C(=O)NC1CCC(C)CC1. The van der Waals surface area contributed by atoms with Crippen LogP contribution in [0.1, 0.15) is 62.0 Å². The number of aryl methyl sites for hydroxylation is 1. The zero-order valence-corrected chi connectivity index (χ0v) is 13.4. The van der Waals surface area contributed by atoms with Crippen LogP contribution in [0.3, 0.4) is 0 Å². The summed E-state index contributed by atoms with van der Waals surface area (Å²) >= 11 is 0. The number of nitrogens with zero attached hydrogens (tertiary/aromatic N) is 1. The maximum Gasteiger partial charge on any atom is 0.255 e. The van der Waals surface area contributed by atoms with Gasteiger partial charge in [-0.1, -0.05) is 13.8 Å². The first-order valence-corrected chi connectivity index (χ1v) is 8.11. The lowest BCUT2D eigenvalue weighted by molar-refractivity contribution is 0.0923. The van der Waals surface area contributed by atoms with Crippen LogP contribution in [0, 0.1) is 12.8 Å². The molecule has 2 rings (SSSR count). The predicted octanol–water partition coefficient (Wildman–Crippen LogP) is 3.52. The summed E-state index contributed by atoms with van der Waals surface area (Å²) in [6.45, 7) is 7.21. The quantitative estimate of drug-likeness (QED) is 0.872. The van der Waals surface area contributed by atoms with Crippen LogP contribution in [0.15, 0.2) is 12.3 Å². The Morgan fingerprint density at radius 1 is 1.33 bits per heavy atom. The van der Waals surface area contributed by atoms with Crippen molar-refractivity contribution in [3.8, 4) is 0 Å². The van der Waals surface area contributed by atoms with E-state index in [0.29, 0.717) is 11.6 Å². The summed E-state index contributed by atoms with van der Waals surface area (Å²) in [4.78, 5) is 16.8. The molecule has 2 N–H and O–H groups in total. The molecular formula is C17H27N3O. The monoisotopic (exact) mass is 289 g/mol. The van der Waals surface area contributed by atoms with Crippen molar-refractivity contribution in [3.05, 3.63) is 23.5 Å². The molecule has 0 aliphatic heterocycles. The highest BCUT2D eigenvalue weighted by Gasteiger charge is 2.21. The van der Waals surface area contributed by atoms with Crippen molar-refractivity contribution in [1.82, 2.24) is 10.3 Å². The summed E-state index contributed by atoms with van der Waals surface area (Å²) < 4.78 is 0. The highest BCUT2D eigenvalue weighted by atomic mass is 16.1. The Morgan fingerprint density at radius 3 is 2.71 bits per heavy atom. The molecule has 4 nitrogen and oxygen atoms in total. The van der Waals surface area contributed by atoms with Gasteiger partial charge >= 0.3 is 0 Å². The van der Waals surface area contributed by atoms with Gasteiger partial charge in [0.25, 0.3) is 5.91 Å². The van der Waals surface area contributed by atoms with Crippen LogP contribution in [0.4, 0.5) is 5.69 Å². The number of nitrogens with one attached hydrogen (secondary N) is 2. The van der Waals surface area contributed by atoms with Crippen molar-refractivity contribution in [2.75, 3.05) is 11.9 Å². The molecule has 0 spiro atoms. The highest BCUT2D eigenvalue weighted by Crippen LogP contribution is 2.24. The molecule has 1 aliphatic rings. The number of rotatable bonds is 5. The normalized spacial score (nSPS) is 21.9. The minimum atomic E-state index is 0.000608. The number of anilines is 1. The molecule has 0 unspecified atom stereocenters. The summed E-state index contributed by atoms with van der Waals surface area (Å²) in [6.07, 6.45) is 7.31. The van der Waals surface area contributed by atoms with E-state index in [0.717, 1.165) is 43.1 Å². The van der Waals surface area contributed by atoms with E-state index in [1.807, 2.05) is 13.0 Å². The molecule has 1 aliphatic carbocycles. The van der Waals surface area contributed by atoms with Gasteiger partial charge in [-0.2, -0.15) is 0 Å². The third kappa shape index (κ3) is 4.45. The van der Waals surface area contributed by atoms with Crippen LogP contribution < -0.4 is 10.6 Å². The fraction of sp³-hybridized carbons (Fsp3) is 0.647. The van der Waals surface area contributed by atoms with Crippen molar-refractivity contribution in [2.45, 2.75) is 58.9 Å². The molecule has 1 aromatic rings. The molecule has 0 atom stereocenters. The largest absolute Gasteiger partial charge is 0.384 e. The van der Waals surface area contributed by atoms with Crippen molar-refractivity contribution in [2.24, 2.45) is 5.92 Å². The van der Waals surface area contributed by atoms with Gasteiger partial charge in [0.2, 0.25) is 0 Å². The summed E-state index contributed by atoms with van der Waals surface area (Å²) in [7, 11) is 0. The van der Waals surface area contributed by atoms with E-state index >= 15 is 0 Å². The number of hydrogen-bond acceptors (Lipinski definition) is 3. The summed E-state index contributed by atoms with van der Waals surface area (Å²) in [6, 6.07) is 2.27. The minimum absolute atomic E-state index is 0.000608. The summed E-state index contributed by atoms with van der Waals surface area (Å²) in [5.74, 6) is 0.793. The molecule has 21 heavy (non-hydrogen) atoms. The fourth-order valence-electron chi connectivity index (χ4n) is 2.81. The molecule has 1 heterocycles. The van der Waals surface area contributed by atoms with E-state index in [-0.39, 0.29) is 5.91 Å². The topological polar surface area (TPSA) is 54.0 Å². The maximum atomic E-state index is 12.5. The Bertz CT molecular complexity index is 479. The number of pyridine rings is 1. The van der Waals surface area contributed by atoms with Crippen LogP contribution in [0.5, 0.6) is 0 Å². The molecule has 1 saturated carbocycles. The van der Waals surface area contributed by atoms with Crippen LogP contribution in [-0.2, 0) is 0 Å². The number of hydrogen-bond donors (Lipinski definition) is 2. The third-order valence-electron chi connectivity index (χ3n) is 4.20. The lowest BCUT2D eigenvalue weighted by Crippen LogP contribution is -2.37. The zero-order chi connectivity index (χ0) is 15.2. The smallest absolute Gasteiger partial charge is 0.255 e. The number of carbonyl (C=O) groups excluding carboxylic acids is 1. The Kier molecular flexibility index (Phi) is 5.59. The molecule has 1 amide bonds. The number of aromatic nitrogens is 1. The Labute approximate surface area is 127 Å². The van der Waals surface area contributed by atoms with E-state index in [1.54, 1.807) is 6.20 Å². The molecule has 0 bridgehead atoms. The van der Waals surface area contributed by atoms with Crippen molar-refractivity contribution in [3.63, 3.8) is 0 Å². The lowest BCUT2D eigenvalue weighted by Gasteiger charge is -2.27. The van der Waals surface area contributed by atoms with E-state index < -0.39 is 0 Å². The van der Waals surface area contributed by atoms with Crippen molar-refractivity contribution >= 4 is 11.6 Å². The van der Waals surface area contributed by atoms with Gasteiger partial charge < -0.3 is 10.6 Å². The summed E-state index contributed by atoms with van der Waals surface area (Å²) in [5, 5.41) is 6.50. The van der Waals surface area contributed by atoms with Gasteiger partial charge in [-0.15, -0.1) is 0 Å². The Balaban J connectivity index is 2.04. The fourth-order valence-corrected chi connectivity index (χ4v) is 2.81. The van der Waals surface area contributed by atoms with Gasteiger partial charge in [-0.25, -0.2) is 0 Å². The highest BCUT2D eigenvalue weighted by molar-refractivity contribution is 5.99. The van der Waals surface area contributed by atoms with Gasteiger partial charge in [0.1, 0.15) is 0 Å². The second-order valence-corrected chi connectivity index (χ2v) is 6.23. The van der Waals surface area contributed by atoms with Gasteiger partial charge in [-0.05, 0) is 51.0 Å². The van der Waals surface area contributed by atoms with E-state index in [9.17, 15) is 4.79 Å². The number of amides is 1. The molecule has 1 fully saturated rings. The minimum Gasteiger partial charge on any atom is -0.384 e. The van der Waals surface area contributed by atoms with Gasteiger partial charge in [0.05, 0.1) is 11.3 Å². The first kappa shape index (κ1) is 15.8. The first-order valence-electron chi connectivity index (χ1n) is 8.11. The zero-order valence-electron chi connectivity index (χ0n) is 13.4. The average Bonchev–Trinajstić information content (AvgIpc) is 2.47. The van der Waals surface area contributed by atoms with Crippen molar-refractivity contribution in [1.29, 1.82) is 0 Å². The van der Waals surface area contributed by atoms with Crippen LogP contribution in [0.25, 0.3) is 0 Å². The second kappa shape index (κ2) is 7.43. The first-order chi connectivity index (χ1) is 10.1. The molecule has 0 aromatic carbocycles.